The Bertz CT molecular complexity index is 546. The highest BCUT2D eigenvalue weighted by Gasteiger charge is 2.59. The summed E-state index contributed by atoms with van der Waals surface area (Å²) in [5, 5.41) is 7.63. The Morgan fingerprint density at radius 2 is 1.40 bits per heavy atom. The number of hydrogen-bond donors (Lipinski definition) is 1. The van der Waals surface area contributed by atoms with Gasteiger partial charge in [-0.25, -0.2) is 0 Å². The summed E-state index contributed by atoms with van der Waals surface area (Å²) in [5.41, 5.74) is 0. The Labute approximate surface area is 148 Å². The van der Waals surface area contributed by atoms with E-state index < -0.39 is 60.1 Å². The minimum atomic E-state index is -2.62. The molecule has 0 aromatic rings. The lowest BCUT2D eigenvalue weighted by molar-refractivity contribution is -0.316. The van der Waals surface area contributed by atoms with Gasteiger partial charge in [-0.2, -0.15) is 0 Å². The van der Waals surface area contributed by atoms with Gasteiger partial charge in [0.15, 0.2) is 12.2 Å². The Hall–Kier alpha value is -1.91. The van der Waals surface area contributed by atoms with Crippen LogP contribution in [0.25, 0.3) is 0 Å². The van der Waals surface area contributed by atoms with E-state index >= 15 is 0 Å². The van der Waals surface area contributed by atoms with Crippen LogP contribution in [0.1, 0.15) is 27.7 Å². The molecule has 1 N–H and O–H groups in total. The normalized spacial score (nSPS) is 31.6. The fourth-order valence-corrected chi connectivity index (χ4v) is 2.52. The van der Waals surface area contributed by atoms with E-state index in [1.807, 2.05) is 0 Å². The second-order valence-electron chi connectivity index (χ2n) is 5.25. The van der Waals surface area contributed by atoms with Crippen molar-refractivity contribution in [2.24, 2.45) is 0 Å². The first-order valence-electron chi connectivity index (χ1n) is 7.18. The third-order valence-corrected chi connectivity index (χ3v) is 3.31. The molecule has 0 aromatic heterocycles. The largest absolute Gasteiger partial charge is 0.463 e. The molecule has 5 atom stereocenters. The SMILES string of the molecule is CC(=O)OC[C@H]1OC(O)(Cl)[C@H](OC(C)=O)[C@@H](OC(C)=O)[C@H]1OC(C)=O. The van der Waals surface area contributed by atoms with Crippen LogP contribution in [0.2, 0.25) is 0 Å². The number of ether oxygens (including phenoxy) is 5. The van der Waals surface area contributed by atoms with Gasteiger partial charge < -0.3 is 28.8 Å². The van der Waals surface area contributed by atoms with E-state index in [0.717, 1.165) is 27.7 Å². The molecule has 1 fully saturated rings. The van der Waals surface area contributed by atoms with Crippen molar-refractivity contribution >= 4 is 35.5 Å². The molecule has 0 bridgehead atoms. The summed E-state index contributed by atoms with van der Waals surface area (Å²) >= 11 is 5.86. The second-order valence-corrected chi connectivity index (χ2v) is 5.79. The van der Waals surface area contributed by atoms with E-state index in [4.69, 9.17) is 35.3 Å². The number of halogens is 1. The molecule has 0 spiro atoms. The number of rotatable bonds is 5. The summed E-state index contributed by atoms with van der Waals surface area (Å²) in [7, 11) is 0. The van der Waals surface area contributed by atoms with Crippen molar-refractivity contribution in [1.29, 1.82) is 0 Å². The van der Waals surface area contributed by atoms with Crippen LogP contribution in [0.5, 0.6) is 0 Å². The number of carbonyl (C=O) groups is 4. The van der Waals surface area contributed by atoms with Crippen molar-refractivity contribution in [2.75, 3.05) is 6.61 Å². The maximum absolute atomic E-state index is 11.4. The van der Waals surface area contributed by atoms with Gasteiger partial charge in [-0.15, -0.1) is 0 Å². The minimum Gasteiger partial charge on any atom is -0.463 e. The average Bonchev–Trinajstić information content (AvgIpc) is 2.42. The van der Waals surface area contributed by atoms with E-state index in [2.05, 4.69) is 0 Å². The molecule has 1 rings (SSSR count). The van der Waals surface area contributed by atoms with Crippen LogP contribution in [0.3, 0.4) is 0 Å². The van der Waals surface area contributed by atoms with Crippen molar-refractivity contribution in [3.8, 4) is 0 Å². The number of aliphatic hydroxyl groups is 1. The zero-order valence-corrected chi connectivity index (χ0v) is 14.8. The first-order valence-corrected chi connectivity index (χ1v) is 7.56. The molecule has 1 saturated heterocycles. The van der Waals surface area contributed by atoms with Crippen LogP contribution < -0.4 is 0 Å². The molecule has 1 heterocycles. The zero-order valence-electron chi connectivity index (χ0n) is 14.0. The molecule has 1 unspecified atom stereocenters. The lowest BCUT2D eigenvalue weighted by Crippen LogP contribution is -2.66. The Kier molecular flexibility index (Phi) is 7.15. The zero-order chi connectivity index (χ0) is 19.4. The van der Waals surface area contributed by atoms with Crippen LogP contribution in [0.15, 0.2) is 0 Å². The Morgan fingerprint density at radius 3 is 1.84 bits per heavy atom. The summed E-state index contributed by atoms with van der Waals surface area (Å²) in [4.78, 5) is 45.1. The number of esters is 4. The minimum absolute atomic E-state index is 0.465. The molecule has 10 nitrogen and oxygen atoms in total. The van der Waals surface area contributed by atoms with E-state index in [0.29, 0.717) is 0 Å². The monoisotopic (exact) mass is 382 g/mol. The molecule has 142 valence electrons. The topological polar surface area (TPSA) is 135 Å². The van der Waals surface area contributed by atoms with Gasteiger partial charge in [-0.1, -0.05) is 11.6 Å². The van der Waals surface area contributed by atoms with Gasteiger partial charge in [0.05, 0.1) is 0 Å². The van der Waals surface area contributed by atoms with E-state index in [9.17, 15) is 24.3 Å². The molecule has 0 aliphatic carbocycles. The van der Waals surface area contributed by atoms with Crippen LogP contribution >= 0.6 is 11.6 Å². The van der Waals surface area contributed by atoms with E-state index in [1.165, 1.54) is 0 Å². The Balaban J connectivity index is 3.24. The van der Waals surface area contributed by atoms with Gasteiger partial charge in [0, 0.05) is 27.7 Å². The summed E-state index contributed by atoms with van der Waals surface area (Å²) in [5.74, 6) is -3.13. The van der Waals surface area contributed by atoms with Gasteiger partial charge >= 0.3 is 23.9 Å². The van der Waals surface area contributed by atoms with E-state index in [1.54, 1.807) is 0 Å². The molecule has 1 aliphatic heterocycles. The van der Waals surface area contributed by atoms with Gasteiger partial charge in [0.1, 0.15) is 12.7 Å². The fourth-order valence-electron chi connectivity index (χ4n) is 2.23. The quantitative estimate of drug-likeness (QED) is 0.381. The number of carbonyl (C=O) groups excluding carboxylic acids is 4. The second kappa shape index (κ2) is 8.45. The lowest BCUT2D eigenvalue weighted by Gasteiger charge is -2.45. The maximum Gasteiger partial charge on any atom is 0.303 e. The number of hydrogen-bond acceptors (Lipinski definition) is 10. The smallest absolute Gasteiger partial charge is 0.303 e. The molecular weight excluding hydrogens is 364 g/mol. The third kappa shape index (κ3) is 6.15. The predicted octanol–water partition coefficient (Wildman–Crippen LogP) is -0.372. The highest BCUT2D eigenvalue weighted by molar-refractivity contribution is 6.22. The van der Waals surface area contributed by atoms with Crippen LogP contribution in [0.4, 0.5) is 0 Å². The fraction of sp³-hybridized carbons (Fsp3) is 0.714. The van der Waals surface area contributed by atoms with Crippen LogP contribution in [-0.4, -0.2) is 65.3 Å². The lowest BCUT2D eigenvalue weighted by atomic mass is 9.98. The van der Waals surface area contributed by atoms with Gasteiger partial charge in [-0.3, -0.25) is 19.2 Å². The summed E-state index contributed by atoms with van der Waals surface area (Å²) in [6.45, 7) is 3.83. The van der Waals surface area contributed by atoms with Crippen LogP contribution in [0, 0.1) is 0 Å². The standard InChI is InChI=1S/C14H19ClO10/c1-6(16)21-5-10-11(22-7(2)17)12(23-8(3)18)13(24-9(4)19)14(15,20)25-10/h10-13,20H,5H2,1-4H3/t10-,11+,12+,13-,14?/m1/s1. The van der Waals surface area contributed by atoms with Gasteiger partial charge in [0.2, 0.25) is 6.10 Å². The summed E-state index contributed by atoms with van der Waals surface area (Å²) in [6.07, 6.45) is -5.84. The Morgan fingerprint density at radius 1 is 0.920 bits per heavy atom. The first-order chi connectivity index (χ1) is 11.4. The highest BCUT2D eigenvalue weighted by atomic mass is 35.5. The van der Waals surface area contributed by atoms with Crippen molar-refractivity contribution in [1.82, 2.24) is 0 Å². The molecule has 0 saturated carbocycles. The molecule has 11 heteroatoms. The van der Waals surface area contributed by atoms with Crippen molar-refractivity contribution in [3.63, 3.8) is 0 Å². The first kappa shape index (κ1) is 21.1. The van der Waals surface area contributed by atoms with Crippen molar-refractivity contribution < 1.29 is 48.0 Å². The highest BCUT2D eigenvalue weighted by Crippen LogP contribution is 2.36. The molecule has 1 aliphatic rings. The van der Waals surface area contributed by atoms with E-state index in [-0.39, 0.29) is 0 Å². The predicted molar refractivity (Wildman–Crippen MR) is 79.0 cm³/mol. The molecule has 0 radical (unpaired) electrons. The molecule has 0 amide bonds. The number of alkyl halides is 1. The molecular formula is C14H19ClO10. The average molecular weight is 383 g/mol. The summed E-state index contributed by atoms with van der Waals surface area (Å²) in [6, 6.07) is 0. The molecule has 0 aromatic carbocycles. The third-order valence-electron chi connectivity index (χ3n) is 3.00. The van der Waals surface area contributed by atoms with Crippen molar-refractivity contribution in [2.45, 2.75) is 57.4 Å². The van der Waals surface area contributed by atoms with Gasteiger partial charge in [0.25, 0.3) is 5.25 Å². The van der Waals surface area contributed by atoms with Crippen molar-refractivity contribution in [3.05, 3.63) is 0 Å². The maximum atomic E-state index is 11.4. The van der Waals surface area contributed by atoms with Gasteiger partial charge in [-0.05, 0) is 0 Å². The van der Waals surface area contributed by atoms with Crippen LogP contribution in [-0.2, 0) is 42.9 Å². The molecule has 25 heavy (non-hydrogen) atoms. The summed E-state index contributed by atoms with van der Waals surface area (Å²) < 4.78 is 24.9.